The number of aryl methyl sites for hydroxylation is 2. The van der Waals surface area contributed by atoms with Crippen molar-refractivity contribution in [3.63, 3.8) is 0 Å². The number of H-pyrrole nitrogens is 1. The highest BCUT2D eigenvalue weighted by atomic mass is 127. The molecule has 158 valence electrons. The van der Waals surface area contributed by atoms with E-state index in [2.05, 4.69) is 39.6 Å². The fourth-order valence-electron chi connectivity index (χ4n) is 3.67. The molecule has 0 saturated heterocycles. The Morgan fingerprint density at radius 1 is 1.24 bits per heavy atom. The normalized spacial score (nSPS) is 11.6. The van der Waals surface area contributed by atoms with Gasteiger partial charge in [-0.3, -0.25) is 9.67 Å². The Hall–Kier alpha value is -2.10. The summed E-state index contributed by atoms with van der Waals surface area (Å²) in [5.41, 5.74) is 5.63. The van der Waals surface area contributed by atoms with Gasteiger partial charge in [-0.1, -0.05) is 13.8 Å². The second-order valence-corrected chi connectivity index (χ2v) is 6.81. The fourth-order valence-corrected chi connectivity index (χ4v) is 3.67. The van der Waals surface area contributed by atoms with Crippen LogP contribution in [-0.2, 0) is 32.9 Å². The smallest absolute Gasteiger partial charge is 0.191 e. The van der Waals surface area contributed by atoms with E-state index in [0.717, 1.165) is 53.9 Å². The Bertz CT molecular complexity index is 975. The molecule has 3 N–H and O–H groups in total. The molecule has 0 atom stereocenters. The summed E-state index contributed by atoms with van der Waals surface area (Å²) in [4.78, 5) is 7.46. The first-order chi connectivity index (χ1) is 13.6. The Kier molecular flexibility index (Phi) is 8.48. The summed E-state index contributed by atoms with van der Waals surface area (Å²) in [6.07, 6.45) is 4.63. The van der Waals surface area contributed by atoms with Crippen LogP contribution in [0.15, 0.2) is 29.4 Å². The van der Waals surface area contributed by atoms with E-state index in [1.807, 2.05) is 24.0 Å². The van der Waals surface area contributed by atoms with Gasteiger partial charge in [0.1, 0.15) is 5.82 Å². The Balaban J connectivity index is 0.00000300. The summed E-state index contributed by atoms with van der Waals surface area (Å²) in [7, 11) is 3.77. The van der Waals surface area contributed by atoms with Gasteiger partial charge in [-0.25, -0.2) is 4.39 Å². The topological polar surface area (TPSA) is 70.0 Å². The van der Waals surface area contributed by atoms with Crippen LogP contribution in [0.2, 0.25) is 0 Å². The van der Waals surface area contributed by atoms with Crippen molar-refractivity contribution in [1.82, 2.24) is 25.4 Å². The van der Waals surface area contributed by atoms with Crippen molar-refractivity contribution in [1.29, 1.82) is 0 Å². The summed E-state index contributed by atoms with van der Waals surface area (Å²) in [6.45, 7) is 5.72. The van der Waals surface area contributed by atoms with Gasteiger partial charge >= 0.3 is 0 Å². The molecule has 3 rings (SSSR count). The molecule has 0 bridgehead atoms. The van der Waals surface area contributed by atoms with Gasteiger partial charge < -0.3 is 15.6 Å². The number of guanidine groups is 1. The average Bonchev–Trinajstić information content (AvgIpc) is 3.23. The molecule has 29 heavy (non-hydrogen) atoms. The third-order valence-corrected chi connectivity index (χ3v) is 5.10. The molecule has 8 heteroatoms. The van der Waals surface area contributed by atoms with Gasteiger partial charge in [0.25, 0.3) is 0 Å². The molecule has 0 spiro atoms. The highest BCUT2D eigenvalue weighted by molar-refractivity contribution is 14.0. The largest absolute Gasteiger partial charge is 0.361 e. The molecule has 2 heterocycles. The van der Waals surface area contributed by atoms with Crippen LogP contribution in [0.25, 0.3) is 10.9 Å². The molecular weight excluding hydrogens is 482 g/mol. The summed E-state index contributed by atoms with van der Waals surface area (Å²) in [6, 6.07) is 4.85. The number of halogens is 2. The number of aromatic nitrogens is 3. The van der Waals surface area contributed by atoms with Gasteiger partial charge in [-0.2, -0.15) is 5.10 Å². The number of nitrogens with one attached hydrogen (secondary N) is 3. The van der Waals surface area contributed by atoms with Crippen LogP contribution < -0.4 is 10.6 Å². The second kappa shape index (κ2) is 10.6. The standard InChI is InChI=1S/C21H29FN6.HI/c1-5-18-17(20(6-2)28(4)27-18)13-26-21(23-3)24-10-9-14-12-25-19-11-15(22)7-8-16(14)19;/h7-8,11-12,25H,5-6,9-10,13H2,1-4H3,(H2,23,24,26);1H. The predicted molar refractivity (Wildman–Crippen MR) is 128 cm³/mol. The van der Waals surface area contributed by atoms with Crippen molar-refractivity contribution >= 4 is 40.8 Å². The zero-order valence-corrected chi connectivity index (χ0v) is 19.8. The van der Waals surface area contributed by atoms with Gasteiger partial charge in [-0.15, -0.1) is 24.0 Å². The number of aliphatic imine (C=N–C) groups is 1. The first-order valence-electron chi connectivity index (χ1n) is 9.81. The molecule has 3 aromatic rings. The van der Waals surface area contributed by atoms with Crippen molar-refractivity contribution in [2.24, 2.45) is 12.0 Å². The van der Waals surface area contributed by atoms with Crippen molar-refractivity contribution in [2.75, 3.05) is 13.6 Å². The molecular formula is C21H30FIN6. The van der Waals surface area contributed by atoms with E-state index in [9.17, 15) is 4.39 Å². The number of nitrogens with zero attached hydrogens (tertiary/aromatic N) is 3. The minimum Gasteiger partial charge on any atom is -0.361 e. The zero-order chi connectivity index (χ0) is 20.1. The molecule has 0 fully saturated rings. The summed E-state index contributed by atoms with van der Waals surface area (Å²) in [5.74, 6) is 0.538. The average molecular weight is 512 g/mol. The number of hydrogen-bond donors (Lipinski definition) is 3. The van der Waals surface area contributed by atoms with Gasteiger partial charge in [0.2, 0.25) is 0 Å². The molecule has 0 saturated carbocycles. The van der Waals surface area contributed by atoms with Crippen LogP contribution in [0.4, 0.5) is 4.39 Å². The van der Waals surface area contributed by atoms with Crippen LogP contribution in [0.3, 0.4) is 0 Å². The van der Waals surface area contributed by atoms with Gasteiger partial charge in [0.15, 0.2) is 5.96 Å². The van der Waals surface area contributed by atoms with E-state index in [4.69, 9.17) is 0 Å². The van der Waals surface area contributed by atoms with E-state index < -0.39 is 0 Å². The lowest BCUT2D eigenvalue weighted by Gasteiger charge is -2.13. The van der Waals surface area contributed by atoms with Crippen molar-refractivity contribution in [3.05, 3.63) is 52.7 Å². The van der Waals surface area contributed by atoms with Crippen LogP contribution in [0.5, 0.6) is 0 Å². The molecule has 0 unspecified atom stereocenters. The SMILES string of the molecule is CCc1nn(C)c(CC)c1CNC(=NC)NCCc1c[nH]c2cc(F)ccc12.I. The highest BCUT2D eigenvalue weighted by Crippen LogP contribution is 2.19. The Labute approximate surface area is 188 Å². The minimum atomic E-state index is -0.225. The highest BCUT2D eigenvalue weighted by Gasteiger charge is 2.14. The quantitative estimate of drug-likeness (QED) is 0.257. The number of benzene rings is 1. The third-order valence-electron chi connectivity index (χ3n) is 5.10. The Morgan fingerprint density at radius 3 is 2.72 bits per heavy atom. The molecule has 0 aliphatic rings. The molecule has 6 nitrogen and oxygen atoms in total. The van der Waals surface area contributed by atoms with E-state index in [1.165, 1.54) is 23.4 Å². The van der Waals surface area contributed by atoms with E-state index in [0.29, 0.717) is 6.54 Å². The van der Waals surface area contributed by atoms with Crippen molar-refractivity contribution < 1.29 is 4.39 Å². The number of fused-ring (bicyclic) bond motifs is 1. The first-order valence-corrected chi connectivity index (χ1v) is 9.81. The molecule has 0 radical (unpaired) electrons. The maximum Gasteiger partial charge on any atom is 0.191 e. The lowest BCUT2D eigenvalue weighted by molar-refractivity contribution is 0.629. The zero-order valence-electron chi connectivity index (χ0n) is 17.5. The summed E-state index contributed by atoms with van der Waals surface area (Å²) in [5, 5.41) is 12.4. The fraction of sp³-hybridized carbons (Fsp3) is 0.429. The summed E-state index contributed by atoms with van der Waals surface area (Å²) < 4.78 is 15.3. The predicted octanol–water partition coefficient (Wildman–Crippen LogP) is 3.69. The molecule has 1 aromatic carbocycles. The molecule has 0 aliphatic carbocycles. The van der Waals surface area contributed by atoms with Crippen molar-refractivity contribution in [3.8, 4) is 0 Å². The molecule has 0 amide bonds. The van der Waals surface area contributed by atoms with Crippen molar-refractivity contribution in [2.45, 2.75) is 39.7 Å². The monoisotopic (exact) mass is 512 g/mol. The van der Waals surface area contributed by atoms with E-state index >= 15 is 0 Å². The van der Waals surface area contributed by atoms with E-state index in [1.54, 1.807) is 7.05 Å². The van der Waals surface area contributed by atoms with Gasteiger partial charge in [0, 0.05) is 55.5 Å². The lowest BCUT2D eigenvalue weighted by atomic mass is 10.1. The van der Waals surface area contributed by atoms with Gasteiger partial charge in [0.05, 0.1) is 5.69 Å². The molecule has 2 aromatic heterocycles. The number of aromatic amines is 1. The number of rotatable bonds is 7. The first kappa shape index (κ1) is 23.2. The minimum absolute atomic E-state index is 0. The molecule has 0 aliphatic heterocycles. The second-order valence-electron chi connectivity index (χ2n) is 6.81. The van der Waals surface area contributed by atoms with Crippen LogP contribution in [0, 0.1) is 5.82 Å². The third kappa shape index (κ3) is 5.29. The maximum atomic E-state index is 13.3. The van der Waals surface area contributed by atoms with E-state index in [-0.39, 0.29) is 29.8 Å². The number of hydrogen-bond acceptors (Lipinski definition) is 2. The maximum absolute atomic E-state index is 13.3. The Morgan fingerprint density at radius 2 is 2.03 bits per heavy atom. The van der Waals surface area contributed by atoms with Gasteiger partial charge in [-0.05, 0) is 43.0 Å². The van der Waals surface area contributed by atoms with Crippen LogP contribution >= 0.6 is 24.0 Å². The summed E-state index contributed by atoms with van der Waals surface area (Å²) >= 11 is 0. The van der Waals surface area contributed by atoms with Crippen LogP contribution in [-0.4, -0.2) is 34.3 Å². The lowest BCUT2D eigenvalue weighted by Crippen LogP contribution is -2.38. The van der Waals surface area contributed by atoms with Crippen LogP contribution in [0.1, 0.15) is 36.4 Å².